The van der Waals surface area contributed by atoms with Crippen LogP contribution in [0.3, 0.4) is 0 Å². The first-order valence-corrected chi connectivity index (χ1v) is 8.75. The Labute approximate surface area is 131 Å². The SMILES string of the molecule is CCC1CCCCC1C(NC)c1ccc(C(C)(C)C)cc1. The lowest BCUT2D eigenvalue weighted by Gasteiger charge is -2.37. The van der Waals surface area contributed by atoms with Crippen molar-refractivity contribution in [2.24, 2.45) is 11.8 Å². The van der Waals surface area contributed by atoms with Crippen molar-refractivity contribution in [3.8, 4) is 0 Å². The molecule has 0 spiro atoms. The van der Waals surface area contributed by atoms with E-state index < -0.39 is 0 Å². The maximum absolute atomic E-state index is 3.61. The highest BCUT2D eigenvalue weighted by atomic mass is 14.9. The van der Waals surface area contributed by atoms with Gasteiger partial charge in [0.25, 0.3) is 0 Å². The summed E-state index contributed by atoms with van der Waals surface area (Å²) >= 11 is 0. The van der Waals surface area contributed by atoms with E-state index in [2.05, 4.69) is 64.3 Å². The van der Waals surface area contributed by atoms with Crippen LogP contribution in [0.4, 0.5) is 0 Å². The number of hydrogen-bond acceptors (Lipinski definition) is 1. The molecule has 0 saturated heterocycles. The Kier molecular flexibility index (Phi) is 5.48. The molecule has 0 amide bonds. The molecule has 0 aromatic heterocycles. The fraction of sp³-hybridized carbons (Fsp3) is 0.700. The lowest BCUT2D eigenvalue weighted by molar-refractivity contribution is 0.180. The van der Waals surface area contributed by atoms with E-state index in [1.54, 1.807) is 0 Å². The fourth-order valence-electron chi connectivity index (χ4n) is 4.00. The zero-order valence-electron chi connectivity index (χ0n) is 14.6. The molecule has 1 aliphatic carbocycles. The highest BCUT2D eigenvalue weighted by Gasteiger charge is 2.30. The topological polar surface area (TPSA) is 12.0 Å². The third kappa shape index (κ3) is 3.88. The molecule has 1 saturated carbocycles. The van der Waals surface area contributed by atoms with Gasteiger partial charge in [0.1, 0.15) is 0 Å². The van der Waals surface area contributed by atoms with E-state index in [4.69, 9.17) is 0 Å². The number of hydrogen-bond donors (Lipinski definition) is 1. The van der Waals surface area contributed by atoms with E-state index in [1.165, 1.54) is 43.2 Å². The van der Waals surface area contributed by atoms with Gasteiger partial charge < -0.3 is 5.32 Å². The first-order valence-electron chi connectivity index (χ1n) is 8.75. The summed E-state index contributed by atoms with van der Waals surface area (Å²) in [6.45, 7) is 9.21. The van der Waals surface area contributed by atoms with E-state index in [0.29, 0.717) is 6.04 Å². The number of benzene rings is 1. The van der Waals surface area contributed by atoms with Gasteiger partial charge in [-0.05, 0) is 41.8 Å². The summed E-state index contributed by atoms with van der Waals surface area (Å²) in [5.74, 6) is 1.69. The van der Waals surface area contributed by atoms with Crippen molar-refractivity contribution in [3.63, 3.8) is 0 Å². The second-order valence-corrected chi connectivity index (χ2v) is 7.75. The molecule has 0 radical (unpaired) electrons. The maximum atomic E-state index is 3.61. The smallest absolute Gasteiger partial charge is 0.0348 e. The Balaban J connectivity index is 2.20. The minimum Gasteiger partial charge on any atom is -0.313 e. The largest absolute Gasteiger partial charge is 0.313 e. The van der Waals surface area contributed by atoms with Crippen LogP contribution >= 0.6 is 0 Å². The van der Waals surface area contributed by atoms with E-state index in [1.807, 2.05) is 0 Å². The van der Waals surface area contributed by atoms with Crippen LogP contribution in [-0.4, -0.2) is 7.05 Å². The van der Waals surface area contributed by atoms with Gasteiger partial charge in [0, 0.05) is 6.04 Å². The van der Waals surface area contributed by atoms with E-state index in [0.717, 1.165) is 11.8 Å². The minimum atomic E-state index is 0.241. The zero-order chi connectivity index (χ0) is 15.5. The molecule has 3 atom stereocenters. The van der Waals surface area contributed by atoms with Crippen molar-refractivity contribution < 1.29 is 0 Å². The Morgan fingerprint density at radius 3 is 2.24 bits per heavy atom. The molecule has 0 heterocycles. The van der Waals surface area contributed by atoms with Gasteiger partial charge in [-0.1, -0.05) is 77.6 Å². The predicted octanol–water partition coefficient (Wildman–Crippen LogP) is 5.46. The van der Waals surface area contributed by atoms with E-state index in [9.17, 15) is 0 Å². The summed E-state index contributed by atoms with van der Waals surface area (Å²) < 4.78 is 0. The molecule has 3 unspecified atom stereocenters. The van der Waals surface area contributed by atoms with Crippen molar-refractivity contribution >= 4 is 0 Å². The molecule has 1 N–H and O–H groups in total. The summed E-state index contributed by atoms with van der Waals surface area (Å²) in [6, 6.07) is 9.86. The Bertz CT molecular complexity index is 426. The molecule has 1 aromatic carbocycles. The molecular weight excluding hydrogens is 254 g/mol. The monoisotopic (exact) mass is 287 g/mol. The lowest BCUT2D eigenvalue weighted by atomic mass is 9.72. The maximum Gasteiger partial charge on any atom is 0.0348 e. The highest BCUT2D eigenvalue weighted by molar-refractivity contribution is 5.29. The normalized spacial score (nSPS) is 24.8. The summed E-state index contributed by atoms with van der Waals surface area (Å²) in [4.78, 5) is 0. The third-order valence-electron chi connectivity index (χ3n) is 5.37. The summed E-state index contributed by atoms with van der Waals surface area (Å²) in [6.07, 6.45) is 6.95. The Morgan fingerprint density at radius 2 is 1.71 bits per heavy atom. The van der Waals surface area contributed by atoms with Crippen LogP contribution in [-0.2, 0) is 5.41 Å². The molecule has 0 bridgehead atoms. The lowest BCUT2D eigenvalue weighted by Crippen LogP contribution is -2.32. The zero-order valence-corrected chi connectivity index (χ0v) is 14.6. The standard InChI is InChI=1S/C20H33N/c1-6-15-9-7-8-10-18(15)19(21-5)16-11-13-17(14-12-16)20(2,3)4/h11-15,18-19,21H,6-10H2,1-5H3. The first-order chi connectivity index (χ1) is 9.97. The first kappa shape index (κ1) is 16.5. The molecule has 1 nitrogen and oxygen atoms in total. The van der Waals surface area contributed by atoms with Crippen molar-refractivity contribution in [2.45, 2.75) is 71.3 Å². The Morgan fingerprint density at radius 1 is 1.10 bits per heavy atom. The van der Waals surface area contributed by atoms with Gasteiger partial charge in [-0.2, -0.15) is 0 Å². The van der Waals surface area contributed by atoms with Crippen LogP contribution in [0.5, 0.6) is 0 Å². The highest BCUT2D eigenvalue weighted by Crippen LogP contribution is 2.40. The van der Waals surface area contributed by atoms with Gasteiger partial charge in [0.15, 0.2) is 0 Å². The predicted molar refractivity (Wildman–Crippen MR) is 92.7 cm³/mol. The van der Waals surface area contributed by atoms with Crippen LogP contribution in [0.1, 0.15) is 77.0 Å². The molecule has 2 rings (SSSR count). The summed E-state index contributed by atoms with van der Waals surface area (Å²) in [5.41, 5.74) is 3.14. The van der Waals surface area contributed by atoms with Gasteiger partial charge in [-0.3, -0.25) is 0 Å². The number of rotatable bonds is 4. The van der Waals surface area contributed by atoms with Gasteiger partial charge in [0.2, 0.25) is 0 Å². The van der Waals surface area contributed by atoms with Crippen LogP contribution in [0.15, 0.2) is 24.3 Å². The van der Waals surface area contributed by atoms with Crippen LogP contribution in [0.2, 0.25) is 0 Å². The Hall–Kier alpha value is -0.820. The number of nitrogens with one attached hydrogen (secondary N) is 1. The molecule has 1 fully saturated rings. The second-order valence-electron chi connectivity index (χ2n) is 7.75. The molecule has 1 aromatic rings. The van der Waals surface area contributed by atoms with Crippen molar-refractivity contribution in [3.05, 3.63) is 35.4 Å². The van der Waals surface area contributed by atoms with Crippen LogP contribution < -0.4 is 5.32 Å². The molecular formula is C20H33N. The fourth-order valence-corrected chi connectivity index (χ4v) is 4.00. The summed E-state index contributed by atoms with van der Waals surface area (Å²) in [5, 5.41) is 3.61. The molecule has 21 heavy (non-hydrogen) atoms. The third-order valence-corrected chi connectivity index (χ3v) is 5.37. The molecule has 0 aliphatic heterocycles. The summed E-state index contributed by atoms with van der Waals surface area (Å²) in [7, 11) is 2.13. The van der Waals surface area contributed by atoms with Gasteiger partial charge in [-0.15, -0.1) is 0 Å². The average molecular weight is 287 g/mol. The van der Waals surface area contributed by atoms with Gasteiger partial charge >= 0.3 is 0 Å². The molecule has 118 valence electrons. The minimum absolute atomic E-state index is 0.241. The van der Waals surface area contributed by atoms with E-state index >= 15 is 0 Å². The van der Waals surface area contributed by atoms with Crippen molar-refractivity contribution in [1.82, 2.24) is 5.32 Å². The quantitative estimate of drug-likeness (QED) is 0.775. The van der Waals surface area contributed by atoms with Crippen molar-refractivity contribution in [2.75, 3.05) is 7.05 Å². The second kappa shape index (κ2) is 6.96. The van der Waals surface area contributed by atoms with Crippen LogP contribution in [0, 0.1) is 11.8 Å². The van der Waals surface area contributed by atoms with Crippen molar-refractivity contribution in [1.29, 1.82) is 0 Å². The average Bonchev–Trinajstić information content (AvgIpc) is 2.48. The van der Waals surface area contributed by atoms with Gasteiger partial charge in [-0.25, -0.2) is 0 Å². The molecule has 1 heteroatoms. The van der Waals surface area contributed by atoms with E-state index in [-0.39, 0.29) is 5.41 Å². The molecule has 1 aliphatic rings. The van der Waals surface area contributed by atoms with Crippen LogP contribution in [0.25, 0.3) is 0 Å². The van der Waals surface area contributed by atoms with Gasteiger partial charge in [0.05, 0.1) is 0 Å².